The predicted molar refractivity (Wildman–Crippen MR) is 141 cm³/mol. The first-order valence-electron chi connectivity index (χ1n) is 11.0. The van der Waals surface area contributed by atoms with Crippen LogP contribution in [0, 0.1) is 0 Å². The van der Waals surface area contributed by atoms with E-state index in [4.69, 9.17) is 37.7 Å². The SMILES string of the molecule is COc1cc(OC)c(Cl)c(Nc2nc3ccccc3n2-c2cc(NCCCN(C)C)ncn2)c1Cl. The first kappa shape index (κ1) is 24.8. The van der Waals surface area contributed by atoms with E-state index in [9.17, 15) is 0 Å². The zero-order valence-corrected chi connectivity index (χ0v) is 21.5. The zero-order chi connectivity index (χ0) is 24.9. The number of anilines is 3. The number of halogens is 2. The van der Waals surface area contributed by atoms with Gasteiger partial charge in [-0.2, -0.15) is 0 Å². The summed E-state index contributed by atoms with van der Waals surface area (Å²) in [5.74, 6) is 2.67. The van der Waals surface area contributed by atoms with Crippen LogP contribution in [0.25, 0.3) is 16.9 Å². The van der Waals surface area contributed by atoms with Gasteiger partial charge in [0.1, 0.15) is 39.5 Å². The van der Waals surface area contributed by atoms with Gasteiger partial charge in [0.05, 0.1) is 30.9 Å². The van der Waals surface area contributed by atoms with E-state index < -0.39 is 0 Å². The minimum Gasteiger partial charge on any atom is -0.495 e. The normalized spacial score (nSPS) is 11.2. The van der Waals surface area contributed by atoms with Crippen LogP contribution in [0.1, 0.15) is 6.42 Å². The summed E-state index contributed by atoms with van der Waals surface area (Å²) in [6.45, 7) is 1.77. The van der Waals surface area contributed by atoms with E-state index >= 15 is 0 Å². The van der Waals surface area contributed by atoms with Gasteiger partial charge in [-0.25, -0.2) is 15.0 Å². The molecule has 0 aliphatic heterocycles. The number of ether oxygens (including phenoxy) is 2. The molecule has 0 bridgehead atoms. The molecule has 0 fully saturated rings. The Morgan fingerprint density at radius 3 is 2.40 bits per heavy atom. The second-order valence-electron chi connectivity index (χ2n) is 8.01. The topological polar surface area (TPSA) is 89.4 Å². The number of nitrogens with one attached hydrogen (secondary N) is 2. The highest BCUT2D eigenvalue weighted by Crippen LogP contribution is 2.45. The molecule has 184 valence electrons. The molecule has 0 saturated heterocycles. The van der Waals surface area contributed by atoms with Crippen molar-refractivity contribution in [3.8, 4) is 17.3 Å². The third kappa shape index (κ3) is 5.37. The van der Waals surface area contributed by atoms with Crippen LogP contribution in [-0.2, 0) is 0 Å². The van der Waals surface area contributed by atoms with Crippen LogP contribution < -0.4 is 20.1 Å². The maximum absolute atomic E-state index is 6.60. The lowest BCUT2D eigenvalue weighted by Crippen LogP contribution is -2.16. The van der Waals surface area contributed by atoms with Crippen LogP contribution in [0.4, 0.5) is 17.5 Å². The third-order valence-corrected chi connectivity index (χ3v) is 6.09. The zero-order valence-electron chi connectivity index (χ0n) is 20.0. The van der Waals surface area contributed by atoms with Crippen molar-refractivity contribution in [1.82, 2.24) is 24.4 Å². The molecule has 0 atom stereocenters. The molecule has 2 aromatic carbocycles. The lowest BCUT2D eigenvalue weighted by molar-refractivity contribution is 0.395. The van der Waals surface area contributed by atoms with Gasteiger partial charge in [-0.3, -0.25) is 4.57 Å². The monoisotopic (exact) mass is 515 g/mol. The van der Waals surface area contributed by atoms with Crippen LogP contribution in [-0.4, -0.2) is 65.8 Å². The molecule has 0 spiro atoms. The fourth-order valence-electron chi connectivity index (χ4n) is 3.63. The number of imidazole rings is 1. The predicted octanol–water partition coefficient (Wildman–Crippen LogP) is 5.25. The van der Waals surface area contributed by atoms with Gasteiger partial charge in [0.25, 0.3) is 0 Å². The third-order valence-electron chi connectivity index (χ3n) is 5.34. The van der Waals surface area contributed by atoms with Crippen LogP contribution in [0.2, 0.25) is 10.0 Å². The molecule has 0 unspecified atom stereocenters. The standard InChI is InChI=1S/C24H27Cl2N7O2/c1-32(2)11-7-10-27-19-13-20(29-14-28-19)33-16-9-6-5-8-15(16)30-24(33)31-23-21(25)17(34-3)12-18(35-4)22(23)26/h5-6,8-9,12-14H,7,10-11H2,1-4H3,(H,30,31)(H,27,28,29). The van der Waals surface area contributed by atoms with E-state index in [1.807, 2.05) is 34.9 Å². The van der Waals surface area contributed by atoms with E-state index in [1.165, 1.54) is 20.5 Å². The number of hydrogen-bond donors (Lipinski definition) is 2. The van der Waals surface area contributed by atoms with E-state index in [1.54, 1.807) is 6.07 Å². The molecule has 9 nitrogen and oxygen atoms in total. The van der Waals surface area contributed by atoms with Gasteiger partial charge >= 0.3 is 0 Å². The van der Waals surface area contributed by atoms with Crippen molar-refractivity contribution < 1.29 is 9.47 Å². The van der Waals surface area contributed by atoms with Crippen molar-refractivity contribution in [3.63, 3.8) is 0 Å². The van der Waals surface area contributed by atoms with Crippen LogP contribution in [0.15, 0.2) is 42.7 Å². The van der Waals surface area contributed by atoms with Gasteiger partial charge in [0.2, 0.25) is 5.95 Å². The Kier molecular flexibility index (Phi) is 7.80. The highest BCUT2D eigenvalue weighted by molar-refractivity contribution is 6.41. The fourth-order valence-corrected chi connectivity index (χ4v) is 4.22. The average molecular weight is 516 g/mol. The highest BCUT2D eigenvalue weighted by atomic mass is 35.5. The molecule has 2 N–H and O–H groups in total. The highest BCUT2D eigenvalue weighted by Gasteiger charge is 2.21. The summed E-state index contributed by atoms with van der Waals surface area (Å²) in [6.07, 6.45) is 2.51. The lowest BCUT2D eigenvalue weighted by Gasteiger charge is -2.17. The molecule has 2 heterocycles. The maximum Gasteiger partial charge on any atom is 0.214 e. The molecule has 11 heteroatoms. The van der Waals surface area contributed by atoms with Crippen molar-refractivity contribution in [2.45, 2.75) is 6.42 Å². The molecular formula is C24H27Cl2N7O2. The maximum atomic E-state index is 6.60. The summed E-state index contributed by atoms with van der Waals surface area (Å²) in [4.78, 5) is 15.8. The molecular weight excluding hydrogens is 489 g/mol. The Morgan fingerprint density at radius 1 is 1.00 bits per heavy atom. The van der Waals surface area contributed by atoms with Gasteiger partial charge in [-0.15, -0.1) is 0 Å². The summed E-state index contributed by atoms with van der Waals surface area (Å²) in [6, 6.07) is 11.3. The van der Waals surface area contributed by atoms with Gasteiger partial charge in [0, 0.05) is 18.7 Å². The molecule has 35 heavy (non-hydrogen) atoms. The number of benzene rings is 2. The van der Waals surface area contributed by atoms with Crippen molar-refractivity contribution in [2.75, 3.05) is 52.0 Å². The average Bonchev–Trinajstić information content (AvgIpc) is 3.23. The van der Waals surface area contributed by atoms with Crippen molar-refractivity contribution >= 4 is 51.7 Å². The number of aromatic nitrogens is 4. The van der Waals surface area contributed by atoms with Crippen LogP contribution in [0.3, 0.4) is 0 Å². The second-order valence-corrected chi connectivity index (χ2v) is 8.77. The van der Waals surface area contributed by atoms with Crippen molar-refractivity contribution in [1.29, 1.82) is 0 Å². The molecule has 0 radical (unpaired) electrons. The van der Waals surface area contributed by atoms with E-state index in [0.717, 1.165) is 36.4 Å². The summed E-state index contributed by atoms with van der Waals surface area (Å²) >= 11 is 13.2. The molecule has 2 aromatic heterocycles. The van der Waals surface area contributed by atoms with Gasteiger partial charge < -0.3 is 25.0 Å². The number of rotatable bonds is 10. The quantitative estimate of drug-likeness (QED) is 0.277. The van der Waals surface area contributed by atoms with Crippen LogP contribution in [0.5, 0.6) is 11.5 Å². The minimum atomic E-state index is 0.308. The lowest BCUT2D eigenvalue weighted by atomic mass is 10.2. The van der Waals surface area contributed by atoms with Gasteiger partial charge in [-0.05, 0) is 39.2 Å². The number of hydrogen-bond acceptors (Lipinski definition) is 8. The smallest absolute Gasteiger partial charge is 0.214 e. The van der Waals surface area contributed by atoms with Crippen LogP contribution >= 0.6 is 23.2 Å². The van der Waals surface area contributed by atoms with E-state index in [2.05, 4.69) is 39.6 Å². The molecule has 0 aliphatic carbocycles. The molecule has 4 aromatic rings. The number of para-hydroxylation sites is 2. The van der Waals surface area contributed by atoms with Gasteiger partial charge in [-0.1, -0.05) is 35.3 Å². The Morgan fingerprint density at radius 2 is 1.71 bits per heavy atom. The molecule has 0 amide bonds. The fraction of sp³-hybridized carbons (Fsp3) is 0.292. The second kappa shape index (κ2) is 11.0. The van der Waals surface area contributed by atoms with Crippen molar-refractivity contribution in [2.24, 2.45) is 0 Å². The number of nitrogens with zero attached hydrogens (tertiary/aromatic N) is 5. The Bertz CT molecular complexity index is 1300. The Labute approximate surface area is 214 Å². The number of methoxy groups -OCH3 is 2. The first-order valence-corrected chi connectivity index (χ1v) is 11.7. The van der Waals surface area contributed by atoms with E-state index in [-0.39, 0.29) is 0 Å². The largest absolute Gasteiger partial charge is 0.495 e. The minimum absolute atomic E-state index is 0.308. The summed E-state index contributed by atoms with van der Waals surface area (Å²) in [7, 11) is 7.17. The van der Waals surface area contributed by atoms with Gasteiger partial charge in [0.15, 0.2) is 0 Å². The Balaban J connectivity index is 1.76. The van der Waals surface area contributed by atoms with E-state index in [0.29, 0.717) is 39.0 Å². The molecule has 0 saturated carbocycles. The first-order chi connectivity index (χ1) is 16.9. The Hall–Kier alpha value is -3.27. The van der Waals surface area contributed by atoms with Crippen molar-refractivity contribution in [3.05, 3.63) is 52.8 Å². The summed E-state index contributed by atoms with van der Waals surface area (Å²) in [5, 5.41) is 7.25. The number of fused-ring (bicyclic) bond motifs is 1. The molecule has 0 aliphatic rings. The summed E-state index contributed by atoms with van der Waals surface area (Å²) in [5.41, 5.74) is 2.04. The molecule has 4 rings (SSSR count). The summed E-state index contributed by atoms with van der Waals surface area (Å²) < 4.78 is 12.7.